The third kappa shape index (κ3) is 5.40. The molecular weight excluding hydrogens is 314 g/mol. The molecule has 0 bridgehead atoms. The van der Waals surface area contributed by atoms with Crippen LogP contribution in [0.15, 0.2) is 5.11 Å². The van der Waals surface area contributed by atoms with Crippen LogP contribution in [0.25, 0.3) is 10.4 Å². The molecule has 1 N–H and O–H groups in total. The highest BCUT2D eigenvalue weighted by Crippen LogP contribution is 2.27. The lowest BCUT2D eigenvalue weighted by Gasteiger charge is -2.42. The number of carbonyl (C=O) groups excluding carboxylic acids is 3. The molecule has 0 aromatic heterocycles. The molecule has 0 aromatic rings. The minimum atomic E-state index is -1.59. The fourth-order valence-electron chi connectivity index (χ4n) is 2.08. The molecule has 1 rings (SSSR count). The van der Waals surface area contributed by atoms with Crippen molar-refractivity contribution in [1.29, 1.82) is 0 Å². The molecule has 1 aliphatic heterocycles. The number of hydrogen-bond acceptors (Lipinski definition) is 9. The molecule has 11 nitrogen and oxygen atoms in total. The Hall–Kier alpha value is -2.36. The van der Waals surface area contributed by atoms with Gasteiger partial charge in [0.15, 0.2) is 18.3 Å². The van der Waals surface area contributed by atoms with Crippen LogP contribution in [-0.2, 0) is 33.3 Å². The summed E-state index contributed by atoms with van der Waals surface area (Å²) in [5.41, 5.74) is 8.41. The summed E-state index contributed by atoms with van der Waals surface area (Å²) >= 11 is 0. The lowest BCUT2D eigenvalue weighted by Crippen LogP contribution is -2.61. The number of azide groups is 1. The fraction of sp³-hybridized carbons (Fsp3) is 0.750. The SMILES string of the molecule is CC(=O)O[C@H]1OC(CN=[N+]=[N-])[C@H](OC(C)=O)[C@H](OC(C)=O)C1O. The number of nitrogens with zero attached hydrogens (tertiary/aromatic N) is 3. The molecular formula is C12H17N3O8. The van der Waals surface area contributed by atoms with Gasteiger partial charge in [0.2, 0.25) is 6.29 Å². The second-order valence-electron chi connectivity index (χ2n) is 4.70. The van der Waals surface area contributed by atoms with Crippen molar-refractivity contribution < 1.29 is 38.4 Å². The molecule has 1 fully saturated rings. The Balaban J connectivity index is 3.11. The van der Waals surface area contributed by atoms with E-state index in [9.17, 15) is 19.5 Å². The van der Waals surface area contributed by atoms with E-state index >= 15 is 0 Å². The second-order valence-corrected chi connectivity index (χ2v) is 4.70. The van der Waals surface area contributed by atoms with Gasteiger partial charge in [-0.1, -0.05) is 5.11 Å². The molecule has 0 saturated carbocycles. The largest absolute Gasteiger partial charge is 0.456 e. The molecule has 5 atom stereocenters. The zero-order chi connectivity index (χ0) is 17.6. The van der Waals surface area contributed by atoms with E-state index in [2.05, 4.69) is 10.0 Å². The zero-order valence-electron chi connectivity index (χ0n) is 12.7. The third-order valence-corrected chi connectivity index (χ3v) is 2.83. The molecule has 11 heteroatoms. The van der Waals surface area contributed by atoms with Crippen molar-refractivity contribution in [3.63, 3.8) is 0 Å². The van der Waals surface area contributed by atoms with E-state index in [1.807, 2.05) is 0 Å². The van der Waals surface area contributed by atoms with Crippen molar-refractivity contribution >= 4 is 17.9 Å². The Morgan fingerprint density at radius 3 is 2.09 bits per heavy atom. The summed E-state index contributed by atoms with van der Waals surface area (Å²) < 4.78 is 20.1. The minimum Gasteiger partial charge on any atom is -0.456 e. The number of esters is 3. The highest BCUT2D eigenvalue weighted by molar-refractivity contribution is 5.68. The standard InChI is InChI=1S/C12H17N3O8/c1-5(16)20-10-8(4-14-15-13)23-12(22-7(3)18)9(19)11(10)21-6(2)17/h8-12,19H,4H2,1-3H3/t8?,9?,10-,11+,12-/m0/s1. The van der Waals surface area contributed by atoms with Crippen LogP contribution in [0.2, 0.25) is 0 Å². The van der Waals surface area contributed by atoms with E-state index in [0.29, 0.717) is 0 Å². The quantitative estimate of drug-likeness (QED) is 0.239. The van der Waals surface area contributed by atoms with Crippen molar-refractivity contribution in [3.8, 4) is 0 Å². The molecule has 0 aliphatic carbocycles. The van der Waals surface area contributed by atoms with Gasteiger partial charge in [0.25, 0.3) is 0 Å². The summed E-state index contributed by atoms with van der Waals surface area (Å²) in [5.74, 6) is -2.22. The Bertz CT molecular complexity index is 518. The number of aliphatic hydroxyl groups excluding tert-OH is 1. The molecule has 1 aliphatic rings. The maximum Gasteiger partial charge on any atom is 0.305 e. The Morgan fingerprint density at radius 2 is 1.61 bits per heavy atom. The van der Waals surface area contributed by atoms with Gasteiger partial charge < -0.3 is 24.1 Å². The first-order valence-electron chi connectivity index (χ1n) is 6.62. The lowest BCUT2D eigenvalue weighted by atomic mass is 9.98. The molecule has 128 valence electrons. The normalized spacial score (nSPS) is 29.8. The molecule has 1 heterocycles. The molecule has 23 heavy (non-hydrogen) atoms. The lowest BCUT2D eigenvalue weighted by molar-refractivity contribution is -0.290. The number of ether oxygens (including phenoxy) is 4. The predicted octanol–water partition coefficient (Wildman–Crippen LogP) is -0.191. The van der Waals surface area contributed by atoms with E-state index in [4.69, 9.17) is 24.5 Å². The van der Waals surface area contributed by atoms with Gasteiger partial charge in [-0.25, -0.2) is 0 Å². The van der Waals surface area contributed by atoms with Crippen LogP contribution in [0.1, 0.15) is 20.8 Å². The first-order chi connectivity index (χ1) is 10.8. The maximum atomic E-state index is 11.2. The van der Waals surface area contributed by atoms with Gasteiger partial charge in [-0.3, -0.25) is 14.4 Å². The van der Waals surface area contributed by atoms with Gasteiger partial charge in [0.05, 0.1) is 6.54 Å². The van der Waals surface area contributed by atoms with Gasteiger partial charge in [-0.2, -0.15) is 0 Å². The van der Waals surface area contributed by atoms with Gasteiger partial charge in [0.1, 0.15) is 6.10 Å². The number of rotatable bonds is 5. The number of carbonyl (C=O) groups is 3. The summed E-state index contributed by atoms with van der Waals surface area (Å²) in [6, 6.07) is 0. The van der Waals surface area contributed by atoms with Crippen molar-refractivity contribution in [2.24, 2.45) is 5.11 Å². The van der Waals surface area contributed by atoms with Crippen molar-refractivity contribution in [2.75, 3.05) is 6.54 Å². The molecule has 2 unspecified atom stereocenters. The van der Waals surface area contributed by atoms with Gasteiger partial charge >= 0.3 is 17.9 Å². The van der Waals surface area contributed by atoms with Crippen LogP contribution in [0.3, 0.4) is 0 Å². The first-order valence-corrected chi connectivity index (χ1v) is 6.62. The topological polar surface area (TPSA) is 157 Å². The summed E-state index contributed by atoms with van der Waals surface area (Å²) in [6.07, 6.45) is -6.72. The van der Waals surface area contributed by atoms with Crippen LogP contribution in [0, 0.1) is 0 Å². The van der Waals surface area contributed by atoms with Gasteiger partial charge in [-0.15, -0.1) is 0 Å². The summed E-state index contributed by atoms with van der Waals surface area (Å²) in [7, 11) is 0. The maximum absolute atomic E-state index is 11.2. The molecule has 0 spiro atoms. The van der Waals surface area contributed by atoms with Crippen molar-refractivity contribution in [1.82, 2.24) is 0 Å². The number of aliphatic hydroxyl groups is 1. The van der Waals surface area contributed by atoms with Gasteiger partial charge in [0, 0.05) is 25.7 Å². The summed E-state index contributed by atoms with van der Waals surface area (Å²) in [5, 5.41) is 13.5. The molecule has 0 radical (unpaired) electrons. The van der Waals surface area contributed by atoms with Crippen LogP contribution in [-0.4, -0.2) is 60.3 Å². The van der Waals surface area contributed by atoms with Crippen LogP contribution in [0.5, 0.6) is 0 Å². The number of hydrogen-bond donors (Lipinski definition) is 1. The van der Waals surface area contributed by atoms with Crippen molar-refractivity contribution in [2.45, 2.75) is 51.5 Å². The smallest absolute Gasteiger partial charge is 0.305 e. The Morgan fingerprint density at radius 1 is 1.09 bits per heavy atom. The Labute approximate surface area is 131 Å². The Kier molecular flexibility index (Phi) is 6.76. The van der Waals surface area contributed by atoms with E-state index < -0.39 is 48.6 Å². The highest BCUT2D eigenvalue weighted by Gasteiger charge is 2.50. The molecule has 1 saturated heterocycles. The minimum absolute atomic E-state index is 0.295. The van der Waals surface area contributed by atoms with Crippen LogP contribution < -0.4 is 0 Å². The van der Waals surface area contributed by atoms with E-state index in [1.54, 1.807) is 0 Å². The average molecular weight is 331 g/mol. The fourth-order valence-corrected chi connectivity index (χ4v) is 2.08. The van der Waals surface area contributed by atoms with E-state index in [-0.39, 0.29) is 6.54 Å². The highest BCUT2D eigenvalue weighted by atomic mass is 16.7. The first kappa shape index (κ1) is 18.7. The second kappa shape index (κ2) is 8.32. The molecule has 0 amide bonds. The summed E-state index contributed by atoms with van der Waals surface area (Å²) in [6.45, 7) is 3.00. The van der Waals surface area contributed by atoms with E-state index in [1.165, 1.54) is 0 Å². The third-order valence-electron chi connectivity index (χ3n) is 2.83. The van der Waals surface area contributed by atoms with Gasteiger partial charge in [-0.05, 0) is 5.53 Å². The molecule has 0 aromatic carbocycles. The summed E-state index contributed by atoms with van der Waals surface area (Å²) in [4.78, 5) is 36.1. The zero-order valence-corrected chi connectivity index (χ0v) is 12.7. The van der Waals surface area contributed by atoms with E-state index in [0.717, 1.165) is 20.8 Å². The van der Waals surface area contributed by atoms with Crippen molar-refractivity contribution in [3.05, 3.63) is 10.4 Å². The average Bonchev–Trinajstić information content (AvgIpc) is 2.43. The predicted molar refractivity (Wildman–Crippen MR) is 71.6 cm³/mol. The van der Waals surface area contributed by atoms with Crippen LogP contribution in [0.4, 0.5) is 0 Å². The monoisotopic (exact) mass is 331 g/mol. The van der Waals surface area contributed by atoms with Crippen LogP contribution >= 0.6 is 0 Å².